The van der Waals surface area contributed by atoms with Gasteiger partial charge in [0, 0.05) is 49.9 Å². The van der Waals surface area contributed by atoms with E-state index in [1.54, 1.807) is 12.4 Å². The molecule has 0 N–H and O–H groups in total. The summed E-state index contributed by atoms with van der Waals surface area (Å²) >= 11 is 0. The molecule has 4 rings (SSSR count). The van der Waals surface area contributed by atoms with E-state index in [0.29, 0.717) is 31.9 Å². The molecule has 0 aliphatic carbocycles. The van der Waals surface area contributed by atoms with E-state index in [9.17, 15) is 9.18 Å². The number of aromatic nitrogens is 2. The first-order valence-corrected chi connectivity index (χ1v) is 10.5. The van der Waals surface area contributed by atoms with Crippen LogP contribution in [0.4, 0.5) is 10.2 Å². The minimum atomic E-state index is -0.299. The van der Waals surface area contributed by atoms with Crippen molar-refractivity contribution in [1.82, 2.24) is 14.9 Å². The van der Waals surface area contributed by atoms with Crippen molar-refractivity contribution < 1.29 is 9.18 Å². The number of pyridine rings is 2. The van der Waals surface area contributed by atoms with Crippen molar-refractivity contribution in [2.45, 2.75) is 39.2 Å². The third-order valence-corrected chi connectivity index (χ3v) is 5.78. The van der Waals surface area contributed by atoms with E-state index in [-0.39, 0.29) is 17.8 Å². The van der Waals surface area contributed by atoms with Crippen molar-refractivity contribution in [3.05, 3.63) is 65.7 Å². The molecule has 5 nitrogen and oxygen atoms in total. The SMILES string of the molecule is Cc1cnc(N2CCN(C(=O)CCCc3cccc4ncccc34)[C@@H](C)C2)c(F)c1. The first kappa shape index (κ1) is 20.3. The summed E-state index contributed by atoms with van der Waals surface area (Å²) in [7, 11) is 0. The number of halogens is 1. The predicted octanol–water partition coefficient (Wildman–Crippen LogP) is 4.14. The van der Waals surface area contributed by atoms with Gasteiger partial charge in [-0.25, -0.2) is 9.37 Å². The third kappa shape index (κ3) is 4.27. The lowest BCUT2D eigenvalue weighted by Gasteiger charge is -2.40. The average Bonchev–Trinajstić information content (AvgIpc) is 2.74. The van der Waals surface area contributed by atoms with Crippen molar-refractivity contribution in [2.75, 3.05) is 24.5 Å². The topological polar surface area (TPSA) is 49.3 Å². The van der Waals surface area contributed by atoms with Crippen LogP contribution in [0.15, 0.2) is 48.8 Å². The molecule has 3 heterocycles. The fraction of sp³-hybridized carbons (Fsp3) is 0.375. The summed E-state index contributed by atoms with van der Waals surface area (Å²) in [6.07, 6.45) is 5.64. The summed E-state index contributed by atoms with van der Waals surface area (Å²) in [4.78, 5) is 25.3. The van der Waals surface area contributed by atoms with Crippen LogP contribution in [0.1, 0.15) is 30.9 Å². The van der Waals surface area contributed by atoms with E-state index in [2.05, 4.69) is 22.1 Å². The highest BCUT2D eigenvalue weighted by Gasteiger charge is 2.28. The summed E-state index contributed by atoms with van der Waals surface area (Å²) in [6.45, 7) is 5.62. The van der Waals surface area contributed by atoms with Crippen LogP contribution >= 0.6 is 0 Å². The minimum absolute atomic E-state index is 0.0236. The number of hydrogen-bond donors (Lipinski definition) is 0. The number of hydrogen-bond acceptors (Lipinski definition) is 4. The number of rotatable bonds is 5. The lowest BCUT2D eigenvalue weighted by molar-refractivity contribution is -0.133. The molecule has 156 valence electrons. The van der Waals surface area contributed by atoms with E-state index in [0.717, 1.165) is 29.3 Å². The van der Waals surface area contributed by atoms with Gasteiger partial charge in [-0.1, -0.05) is 18.2 Å². The third-order valence-electron chi connectivity index (χ3n) is 5.78. The summed E-state index contributed by atoms with van der Waals surface area (Å²) in [5.41, 5.74) is 3.02. The monoisotopic (exact) mass is 406 g/mol. The van der Waals surface area contributed by atoms with Crippen LogP contribution in [-0.2, 0) is 11.2 Å². The molecule has 0 unspecified atom stereocenters. The Kier molecular flexibility index (Phi) is 5.93. The maximum atomic E-state index is 14.3. The summed E-state index contributed by atoms with van der Waals surface area (Å²) in [5, 5.41) is 1.15. The molecular formula is C24H27FN4O. The van der Waals surface area contributed by atoms with E-state index < -0.39 is 0 Å². The van der Waals surface area contributed by atoms with Crippen molar-refractivity contribution in [1.29, 1.82) is 0 Å². The molecular weight excluding hydrogens is 379 g/mol. The van der Waals surface area contributed by atoms with Crippen molar-refractivity contribution in [2.24, 2.45) is 0 Å². The molecule has 2 aromatic heterocycles. The molecule has 30 heavy (non-hydrogen) atoms. The largest absolute Gasteiger partial charge is 0.350 e. The second-order valence-corrected chi connectivity index (χ2v) is 8.04. The molecule has 1 atom stereocenters. The highest BCUT2D eigenvalue weighted by Crippen LogP contribution is 2.22. The molecule has 1 aromatic carbocycles. The fourth-order valence-electron chi connectivity index (χ4n) is 4.24. The highest BCUT2D eigenvalue weighted by molar-refractivity contribution is 5.82. The number of amides is 1. The lowest BCUT2D eigenvalue weighted by atomic mass is 10.0. The van der Waals surface area contributed by atoms with Gasteiger partial charge >= 0.3 is 0 Å². The number of carbonyl (C=O) groups excluding carboxylic acids is 1. The maximum absolute atomic E-state index is 14.3. The van der Waals surface area contributed by atoms with E-state index >= 15 is 0 Å². The van der Waals surface area contributed by atoms with Crippen LogP contribution in [0.25, 0.3) is 10.9 Å². The Bertz CT molecular complexity index is 1050. The second-order valence-electron chi connectivity index (χ2n) is 8.04. The molecule has 0 spiro atoms. The first-order valence-electron chi connectivity index (χ1n) is 10.5. The van der Waals surface area contributed by atoms with Gasteiger partial charge in [0.25, 0.3) is 0 Å². The first-order chi connectivity index (χ1) is 14.5. The number of carbonyl (C=O) groups is 1. The van der Waals surface area contributed by atoms with Gasteiger partial charge in [-0.05, 0) is 56.0 Å². The van der Waals surface area contributed by atoms with Gasteiger partial charge in [0.15, 0.2) is 11.6 Å². The number of nitrogens with zero attached hydrogens (tertiary/aromatic N) is 4. The number of fused-ring (bicyclic) bond motifs is 1. The van der Waals surface area contributed by atoms with Gasteiger partial charge in [-0.15, -0.1) is 0 Å². The predicted molar refractivity (Wildman–Crippen MR) is 117 cm³/mol. The highest BCUT2D eigenvalue weighted by atomic mass is 19.1. The smallest absolute Gasteiger partial charge is 0.222 e. The molecule has 0 bridgehead atoms. The van der Waals surface area contributed by atoms with Crippen molar-refractivity contribution in [3.8, 4) is 0 Å². The quantitative estimate of drug-likeness (QED) is 0.639. The molecule has 6 heteroatoms. The second kappa shape index (κ2) is 8.78. The number of aryl methyl sites for hydroxylation is 2. The molecule has 1 amide bonds. The Hall–Kier alpha value is -3.02. The Morgan fingerprint density at radius 3 is 2.87 bits per heavy atom. The molecule has 1 aliphatic heterocycles. The Morgan fingerprint density at radius 2 is 2.07 bits per heavy atom. The van der Waals surface area contributed by atoms with Crippen LogP contribution in [0, 0.1) is 12.7 Å². The molecule has 1 aliphatic rings. The average molecular weight is 407 g/mol. The number of piperazine rings is 1. The zero-order valence-electron chi connectivity index (χ0n) is 17.5. The molecule has 0 radical (unpaired) electrons. The van der Waals surface area contributed by atoms with Crippen LogP contribution in [-0.4, -0.2) is 46.5 Å². The minimum Gasteiger partial charge on any atom is -0.350 e. The van der Waals surface area contributed by atoms with Crippen molar-refractivity contribution in [3.63, 3.8) is 0 Å². The van der Waals surface area contributed by atoms with E-state index in [1.807, 2.05) is 41.8 Å². The standard InChI is InChI=1S/C24H27FN4O/c1-17-14-21(25)24(27-15-17)28-12-13-29(18(2)16-28)23(30)10-4-7-19-6-3-9-22-20(19)8-5-11-26-22/h3,5-6,8-9,11,14-15,18H,4,7,10,12-13,16H2,1-2H3/t18-/m0/s1. The maximum Gasteiger partial charge on any atom is 0.222 e. The summed E-state index contributed by atoms with van der Waals surface area (Å²) < 4.78 is 14.3. The number of anilines is 1. The Morgan fingerprint density at radius 1 is 1.20 bits per heavy atom. The van der Waals surface area contributed by atoms with Crippen LogP contribution in [0.2, 0.25) is 0 Å². The molecule has 0 saturated carbocycles. The fourth-order valence-corrected chi connectivity index (χ4v) is 4.24. The normalized spacial score (nSPS) is 16.8. The van der Waals surface area contributed by atoms with Gasteiger partial charge in [0.1, 0.15) is 0 Å². The zero-order chi connectivity index (χ0) is 21.1. The van der Waals surface area contributed by atoms with Crippen LogP contribution < -0.4 is 4.90 Å². The van der Waals surface area contributed by atoms with Crippen LogP contribution in [0.5, 0.6) is 0 Å². The van der Waals surface area contributed by atoms with E-state index in [4.69, 9.17) is 0 Å². The Labute approximate surface area is 176 Å². The summed E-state index contributed by atoms with van der Waals surface area (Å²) in [6, 6.07) is 11.7. The van der Waals surface area contributed by atoms with Crippen LogP contribution in [0.3, 0.4) is 0 Å². The van der Waals surface area contributed by atoms with Gasteiger partial charge in [0.05, 0.1) is 5.52 Å². The zero-order valence-corrected chi connectivity index (χ0v) is 17.5. The lowest BCUT2D eigenvalue weighted by Crippen LogP contribution is -2.54. The molecule has 3 aromatic rings. The van der Waals surface area contributed by atoms with Gasteiger partial charge in [-0.2, -0.15) is 0 Å². The molecule has 1 fully saturated rings. The van der Waals surface area contributed by atoms with Crippen molar-refractivity contribution >= 4 is 22.6 Å². The summed E-state index contributed by atoms with van der Waals surface area (Å²) in [5.74, 6) is 0.244. The van der Waals surface area contributed by atoms with E-state index in [1.165, 1.54) is 11.6 Å². The van der Waals surface area contributed by atoms with Gasteiger partial charge in [-0.3, -0.25) is 9.78 Å². The number of benzene rings is 1. The van der Waals surface area contributed by atoms with Gasteiger partial charge < -0.3 is 9.80 Å². The van der Waals surface area contributed by atoms with Gasteiger partial charge in [0.2, 0.25) is 5.91 Å². The molecule has 1 saturated heterocycles. The Balaban J connectivity index is 1.33.